The van der Waals surface area contributed by atoms with E-state index < -0.39 is 23.5 Å². The highest BCUT2D eigenvalue weighted by Gasteiger charge is 2.47. The van der Waals surface area contributed by atoms with Crippen molar-refractivity contribution in [2.45, 2.75) is 6.04 Å². The van der Waals surface area contributed by atoms with Gasteiger partial charge in [-0.2, -0.15) is 0 Å². The molecule has 0 aromatic heterocycles. The van der Waals surface area contributed by atoms with E-state index in [1.807, 2.05) is 0 Å². The van der Waals surface area contributed by atoms with Crippen LogP contribution in [0.15, 0.2) is 84.4 Å². The third-order valence-electron chi connectivity index (χ3n) is 4.76. The number of carbonyl (C=O) groups excluding carboxylic acids is 2. The quantitative estimate of drug-likeness (QED) is 0.373. The predicted molar refractivity (Wildman–Crippen MR) is 109 cm³/mol. The summed E-state index contributed by atoms with van der Waals surface area (Å²) in [4.78, 5) is 27.0. The van der Waals surface area contributed by atoms with Gasteiger partial charge in [0, 0.05) is 16.3 Å². The number of aliphatic hydroxyl groups excluding tert-OH is 1. The van der Waals surface area contributed by atoms with Crippen LogP contribution in [-0.2, 0) is 9.59 Å². The van der Waals surface area contributed by atoms with Gasteiger partial charge in [0.05, 0.1) is 11.6 Å². The van der Waals surface area contributed by atoms with Crippen LogP contribution in [0.1, 0.15) is 17.2 Å². The number of nitrogens with zero attached hydrogens (tertiary/aromatic N) is 1. The summed E-state index contributed by atoms with van der Waals surface area (Å²) in [6.07, 6.45) is 0. The number of aliphatic hydroxyl groups is 1. The Balaban J connectivity index is 1.96. The highest BCUT2D eigenvalue weighted by molar-refractivity contribution is 6.51. The van der Waals surface area contributed by atoms with Crippen LogP contribution in [0.25, 0.3) is 5.76 Å². The number of halogens is 2. The van der Waals surface area contributed by atoms with E-state index in [0.29, 0.717) is 16.1 Å². The molecule has 0 radical (unpaired) electrons. The molecule has 1 aliphatic heterocycles. The number of hydrogen-bond donors (Lipinski definition) is 1. The molecule has 1 heterocycles. The monoisotopic (exact) mass is 407 g/mol. The molecular formula is C23H15ClFNO3. The van der Waals surface area contributed by atoms with E-state index in [1.54, 1.807) is 60.7 Å². The normalized spacial score (nSPS) is 18.3. The highest BCUT2D eigenvalue weighted by atomic mass is 35.5. The molecule has 3 aromatic carbocycles. The first-order valence-electron chi connectivity index (χ1n) is 8.85. The van der Waals surface area contributed by atoms with Crippen molar-refractivity contribution in [2.75, 3.05) is 4.90 Å². The van der Waals surface area contributed by atoms with Gasteiger partial charge in [0.2, 0.25) is 0 Å². The molecule has 6 heteroatoms. The molecule has 1 fully saturated rings. The zero-order chi connectivity index (χ0) is 20.5. The molecule has 0 bridgehead atoms. The lowest BCUT2D eigenvalue weighted by molar-refractivity contribution is -0.132. The molecule has 144 valence electrons. The maximum absolute atomic E-state index is 13.8. The Bertz CT molecular complexity index is 1130. The Kier molecular flexibility index (Phi) is 4.91. The van der Waals surface area contributed by atoms with Crippen molar-refractivity contribution >= 4 is 34.7 Å². The summed E-state index contributed by atoms with van der Waals surface area (Å²) in [5.74, 6) is -2.51. The van der Waals surface area contributed by atoms with Crippen molar-refractivity contribution in [3.05, 3.63) is 106 Å². The molecule has 0 saturated carbocycles. The Morgan fingerprint density at radius 1 is 0.931 bits per heavy atom. The Labute approximate surface area is 171 Å². The number of ketones is 1. The topological polar surface area (TPSA) is 57.6 Å². The van der Waals surface area contributed by atoms with Crippen LogP contribution in [0.4, 0.5) is 10.1 Å². The van der Waals surface area contributed by atoms with E-state index in [9.17, 15) is 19.1 Å². The summed E-state index contributed by atoms with van der Waals surface area (Å²) in [7, 11) is 0. The number of amides is 1. The van der Waals surface area contributed by atoms with Gasteiger partial charge in [-0.3, -0.25) is 14.5 Å². The van der Waals surface area contributed by atoms with E-state index in [2.05, 4.69) is 0 Å². The van der Waals surface area contributed by atoms with E-state index in [1.165, 1.54) is 23.1 Å². The van der Waals surface area contributed by atoms with E-state index in [-0.39, 0.29) is 17.0 Å². The molecule has 29 heavy (non-hydrogen) atoms. The van der Waals surface area contributed by atoms with Gasteiger partial charge in [-0.15, -0.1) is 0 Å². The minimum absolute atomic E-state index is 0.0622. The van der Waals surface area contributed by atoms with Gasteiger partial charge < -0.3 is 5.11 Å². The maximum Gasteiger partial charge on any atom is 0.300 e. The number of Topliss-reactive ketones (excluding diaryl/α,β-unsaturated/α-hetero) is 1. The van der Waals surface area contributed by atoms with Gasteiger partial charge in [0.25, 0.3) is 11.7 Å². The number of anilines is 1. The van der Waals surface area contributed by atoms with Gasteiger partial charge in [0.1, 0.15) is 11.6 Å². The van der Waals surface area contributed by atoms with Crippen LogP contribution < -0.4 is 4.90 Å². The largest absolute Gasteiger partial charge is 0.507 e. The fraction of sp³-hybridized carbons (Fsp3) is 0.0435. The lowest BCUT2D eigenvalue weighted by Gasteiger charge is -2.25. The van der Waals surface area contributed by atoms with Gasteiger partial charge >= 0.3 is 0 Å². The number of rotatable bonds is 3. The lowest BCUT2D eigenvalue weighted by Crippen LogP contribution is -2.29. The molecule has 1 N–H and O–H groups in total. The van der Waals surface area contributed by atoms with Crippen molar-refractivity contribution in [1.29, 1.82) is 0 Å². The third-order valence-corrected chi connectivity index (χ3v) is 5.02. The summed E-state index contributed by atoms with van der Waals surface area (Å²) in [6.45, 7) is 0. The van der Waals surface area contributed by atoms with Crippen LogP contribution in [0, 0.1) is 5.82 Å². The minimum atomic E-state index is -0.922. The highest BCUT2D eigenvalue weighted by Crippen LogP contribution is 2.42. The van der Waals surface area contributed by atoms with Crippen LogP contribution in [0.2, 0.25) is 5.02 Å². The molecule has 4 nitrogen and oxygen atoms in total. The second kappa shape index (κ2) is 7.53. The summed E-state index contributed by atoms with van der Waals surface area (Å²) in [5, 5.41) is 11.4. The first-order valence-corrected chi connectivity index (χ1v) is 9.22. The van der Waals surface area contributed by atoms with Gasteiger partial charge in [-0.1, -0.05) is 60.1 Å². The van der Waals surface area contributed by atoms with Gasteiger partial charge in [0.15, 0.2) is 0 Å². The standard InChI is InChI=1S/C23H15ClFNO3/c24-16-11-9-14(10-12-16)20-19(21(27)15-5-2-1-3-6-15)22(28)23(29)26(20)18-8-4-7-17(25)13-18/h1-13,20,27H/b21-19+. The molecular weight excluding hydrogens is 393 g/mol. The number of carbonyl (C=O) groups is 2. The molecule has 0 spiro atoms. The molecule has 3 aromatic rings. The molecule has 4 rings (SSSR count). The molecule has 1 aliphatic rings. The Morgan fingerprint density at radius 3 is 2.28 bits per heavy atom. The molecule has 1 amide bonds. The smallest absolute Gasteiger partial charge is 0.300 e. The molecule has 0 aliphatic carbocycles. The first kappa shape index (κ1) is 18.9. The minimum Gasteiger partial charge on any atom is -0.507 e. The number of benzene rings is 3. The fourth-order valence-corrected chi connectivity index (χ4v) is 3.56. The summed E-state index contributed by atoms with van der Waals surface area (Å²) < 4.78 is 13.8. The van der Waals surface area contributed by atoms with E-state index in [0.717, 1.165) is 0 Å². The second-order valence-electron chi connectivity index (χ2n) is 6.57. The van der Waals surface area contributed by atoms with Crippen molar-refractivity contribution in [1.82, 2.24) is 0 Å². The van der Waals surface area contributed by atoms with E-state index >= 15 is 0 Å². The van der Waals surface area contributed by atoms with Crippen LogP contribution >= 0.6 is 11.6 Å². The molecule has 1 unspecified atom stereocenters. The van der Waals surface area contributed by atoms with Crippen molar-refractivity contribution in [3.8, 4) is 0 Å². The summed E-state index contributed by atoms with van der Waals surface area (Å²) in [6, 6.07) is 19.6. The molecule has 1 saturated heterocycles. The van der Waals surface area contributed by atoms with Crippen LogP contribution in [0.5, 0.6) is 0 Å². The average Bonchev–Trinajstić information content (AvgIpc) is 2.99. The zero-order valence-corrected chi connectivity index (χ0v) is 15.8. The van der Waals surface area contributed by atoms with Crippen molar-refractivity contribution in [3.63, 3.8) is 0 Å². The summed E-state index contributed by atoms with van der Waals surface area (Å²) >= 11 is 5.99. The van der Waals surface area contributed by atoms with Crippen LogP contribution in [-0.4, -0.2) is 16.8 Å². The third kappa shape index (κ3) is 3.41. The van der Waals surface area contributed by atoms with Gasteiger partial charge in [-0.25, -0.2) is 4.39 Å². The average molecular weight is 408 g/mol. The number of hydrogen-bond acceptors (Lipinski definition) is 3. The Morgan fingerprint density at radius 2 is 1.62 bits per heavy atom. The van der Waals surface area contributed by atoms with Crippen molar-refractivity contribution in [2.24, 2.45) is 0 Å². The van der Waals surface area contributed by atoms with E-state index in [4.69, 9.17) is 11.6 Å². The maximum atomic E-state index is 13.8. The zero-order valence-electron chi connectivity index (χ0n) is 15.0. The summed E-state index contributed by atoms with van der Waals surface area (Å²) in [5.41, 5.74) is 1.13. The van der Waals surface area contributed by atoms with Gasteiger partial charge in [-0.05, 0) is 35.9 Å². The van der Waals surface area contributed by atoms with Crippen LogP contribution in [0.3, 0.4) is 0 Å². The Hall–Kier alpha value is -3.44. The lowest BCUT2D eigenvalue weighted by atomic mass is 9.95. The second-order valence-corrected chi connectivity index (χ2v) is 7.00. The predicted octanol–water partition coefficient (Wildman–Crippen LogP) is 5.11. The SMILES string of the molecule is O=C1C(=O)N(c2cccc(F)c2)C(c2ccc(Cl)cc2)/C1=C(\O)c1ccccc1. The first-order chi connectivity index (χ1) is 14.0. The van der Waals surface area contributed by atoms with Crippen molar-refractivity contribution < 1.29 is 19.1 Å². The fourth-order valence-electron chi connectivity index (χ4n) is 3.44. The molecule has 1 atom stereocenters.